The second kappa shape index (κ2) is 7.30. The number of hydrogen-bond acceptors (Lipinski definition) is 6. The van der Waals surface area contributed by atoms with Gasteiger partial charge in [0.25, 0.3) is 17.7 Å². The molecule has 3 aromatic carbocycles. The van der Waals surface area contributed by atoms with Gasteiger partial charge in [-0.1, -0.05) is 18.2 Å². The van der Waals surface area contributed by atoms with Gasteiger partial charge in [0.05, 0.1) is 22.5 Å². The van der Waals surface area contributed by atoms with Gasteiger partial charge < -0.3 is 5.32 Å². The Balaban J connectivity index is 1.36. The van der Waals surface area contributed by atoms with Gasteiger partial charge in [-0.25, -0.2) is 9.58 Å². The van der Waals surface area contributed by atoms with Gasteiger partial charge >= 0.3 is 0 Å². The number of nitrogens with zero attached hydrogens (tertiary/aromatic N) is 5. The summed E-state index contributed by atoms with van der Waals surface area (Å²) in [5.41, 5.74) is 2.73. The summed E-state index contributed by atoms with van der Waals surface area (Å²) in [6.07, 6.45) is 1.46. The first-order valence-corrected chi connectivity index (χ1v) is 9.34. The molecule has 2 heterocycles. The fraction of sp³-hybridized carbons (Fsp3) is 0. The number of nitrogens with one attached hydrogen (secondary N) is 1. The fourth-order valence-corrected chi connectivity index (χ4v) is 3.39. The van der Waals surface area contributed by atoms with E-state index in [0.717, 1.165) is 4.90 Å². The molecule has 4 aromatic rings. The van der Waals surface area contributed by atoms with Crippen LogP contribution in [0.5, 0.6) is 0 Å². The number of amides is 3. The summed E-state index contributed by atoms with van der Waals surface area (Å²) in [5.74, 6) is -1.10. The van der Waals surface area contributed by atoms with Gasteiger partial charge in [-0.3, -0.25) is 14.4 Å². The van der Waals surface area contributed by atoms with Gasteiger partial charge in [0.15, 0.2) is 0 Å². The topological polar surface area (TPSA) is 110 Å². The van der Waals surface area contributed by atoms with E-state index in [1.165, 1.54) is 11.0 Å². The molecule has 0 unspecified atom stereocenters. The Hall–Kier alpha value is -4.66. The largest absolute Gasteiger partial charge is 0.322 e. The molecule has 9 nitrogen and oxygen atoms in total. The average Bonchev–Trinajstić information content (AvgIpc) is 3.42. The first-order valence-electron chi connectivity index (χ1n) is 9.34. The van der Waals surface area contributed by atoms with Crippen LogP contribution >= 0.6 is 0 Å². The summed E-state index contributed by atoms with van der Waals surface area (Å²) in [7, 11) is 0. The number of aromatic nitrogens is 4. The molecule has 0 atom stereocenters. The van der Waals surface area contributed by atoms with Crippen LogP contribution in [-0.4, -0.2) is 37.9 Å². The molecular weight excluding hydrogens is 396 g/mol. The Bertz CT molecular complexity index is 1280. The Labute approximate surface area is 175 Å². The third kappa shape index (κ3) is 3.23. The van der Waals surface area contributed by atoms with E-state index in [1.54, 1.807) is 72.8 Å². The molecule has 1 aliphatic heterocycles. The van der Waals surface area contributed by atoms with Crippen molar-refractivity contribution < 1.29 is 14.4 Å². The number of fused-ring (bicyclic) bond motifs is 1. The first kappa shape index (κ1) is 18.4. The van der Waals surface area contributed by atoms with Crippen molar-refractivity contribution in [2.24, 2.45) is 0 Å². The van der Waals surface area contributed by atoms with Crippen LogP contribution in [0, 0.1) is 0 Å². The molecule has 0 saturated heterocycles. The second-order valence-corrected chi connectivity index (χ2v) is 6.80. The van der Waals surface area contributed by atoms with E-state index in [0.29, 0.717) is 33.8 Å². The second-order valence-electron chi connectivity index (χ2n) is 6.80. The zero-order valence-electron chi connectivity index (χ0n) is 16.0. The van der Waals surface area contributed by atoms with E-state index in [4.69, 9.17) is 0 Å². The predicted octanol–water partition coefficient (Wildman–Crippen LogP) is 2.72. The van der Waals surface area contributed by atoms with Crippen LogP contribution in [0.3, 0.4) is 0 Å². The molecule has 31 heavy (non-hydrogen) atoms. The quantitative estimate of drug-likeness (QED) is 0.518. The van der Waals surface area contributed by atoms with Crippen molar-refractivity contribution in [2.45, 2.75) is 0 Å². The van der Waals surface area contributed by atoms with Crippen molar-refractivity contribution in [1.29, 1.82) is 0 Å². The minimum absolute atomic E-state index is 0.331. The van der Waals surface area contributed by atoms with Gasteiger partial charge in [-0.2, -0.15) is 0 Å². The molecule has 3 amide bonds. The van der Waals surface area contributed by atoms with Crippen LogP contribution in [0.25, 0.3) is 5.69 Å². The van der Waals surface area contributed by atoms with E-state index < -0.39 is 0 Å². The van der Waals surface area contributed by atoms with Gasteiger partial charge in [-0.15, -0.1) is 5.10 Å². The number of imide groups is 1. The lowest BCUT2D eigenvalue weighted by molar-refractivity contribution is 0.0925. The summed E-state index contributed by atoms with van der Waals surface area (Å²) < 4.78 is 1.48. The van der Waals surface area contributed by atoms with Crippen molar-refractivity contribution in [2.75, 3.05) is 10.2 Å². The molecular formula is C22H14N6O3. The minimum Gasteiger partial charge on any atom is -0.322 e. The predicted molar refractivity (Wildman–Crippen MR) is 111 cm³/mol. The van der Waals surface area contributed by atoms with Crippen molar-refractivity contribution in [3.8, 4) is 5.69 Å². The maximum absolute atomic E-state index is 12.7. The summed E-state index contributed by atoms with van der Waals surface area (Å²) >= 11 is 0. The van der Waals surface area contributed by atoms with E-state index in [-0.39, 0.29) is 17.7 Å². The lowest BCUT2D eigenvalue weighted by Gasteiger charge is -2.15. The lowest BCUT2D eigenvalue weighted by Crippen LogP contribution is -2.29. The number of benzene rings is 3. The Morgan fingerprint density at radius 1 is 0.806 bits per heavy atom. The average molecular weight is 410 g/mol. The van der Waals surface area contributed by atoms with Gasteiger partial charge in [0, 0.05) is 11.3 Å². The smallest absolute Gasteiger partial charge is 0.266 e. The number of rotatable bonds is 4. The van der Waals surface area contributed by atoms with E-state index in [9.17, 15) is 14.4 Å². The third-order valence-corrected chi connectivity index (χ3v) is 4.90. The van der Waals surface area contributed by atoms with Crippen LogP contribution in [0.15, 0.2) is 79.1 Å². The zero-order chi connectivity index (χ0) is 21.4. The number of hydrogen-bond donors (Lipinski definition) is 1. The molecule has 1 aromatic heterocycles. The van der Waals surface area contributed by atoms with Crippen LogP contribution in [0.4, 0.5) is 11.4 Å². The Morgan fingerprint density at radius 2 is 1.52 bits per heavy atom. The highest BCUT2D eigenvalue weighted by atomic mass is 16.2. The third-order valence-electron chi connectivity index (χ3n) is 4.90. The highest BCUT2D eigenvalue weighted by Crippen LogP contribution is 2.29. The standard InChI is InChI=1S/C22H14N6O3/c29-20(14-8-10-16(11-9-14)27-13-23-25-26-27)24-15-4-3-5-17(12-15)28-21(30)18-6-1-2-7-19(18)22(28)31/h1-13H,(H,24,29). The number of tetrazole rings is 1. The molecule has 5 rings (SSSR count). The van der Waals surface area contributed by atoms with Gasteiger partial charge in [0.1, 0.15) is 6.33 Å². The monoisotopic (exact) mass is 410 g/mol. The number of carbonyl (C=O) groups is 3. The van der Waals surface area contributed by atoms with E-state index in [2.05, 4.69) is 20.8 Å². The van der Waals surface area contributed by atoms with E-state index >= 15 is 0 Å². The van der Waals surface area contributed by atoms with Crippen LogP contribution in [0.1, 0.15) is 31.1 Å². The number of carbonyl (C=O) groups excluding carboxylic acids is 3. The molecule has 9 heteroatoms. The van der Waals surface area contributed by atoms with Crippen molar-refractivity contribution in [1.82, 2.24) is 20.2 Å². The van der Waals surface area contributed by atoms with Crippen molar-refractivity contribution in [3.63, 3.8) is 0 Å². The molecule has 0 spiro atoms. The van der Waals surface area contributed by atoms with Gasteiger partial charge in [-0.05, 0) is 65.0 Å². The molecule has 1 aliphatic rings. The summed E-state index contributed by atoms with van der Waals surface area (Å²) in [4.78, 5) is 39.1. The van der Waals surface area contributed by atoms with Crippen LogP contribution in [0.2, 0.25) is 0 Å². The summed E-state index contributed by atoms with van der Waals surface area (Å²) in [6, 6.07) is 20.0. The van der Waals surface area contributed by atoms with Crippen molar-refractivity contribution in [3.05, 3.63) is 95.8 Å². The molecule has 0 radical (unpaired) electrons. The Kier molecular flexibility index (Phi) is 4.33. The molecule has 150 valence electrons. The maximum Gasteiger partial charge on any atom is 0.266 e. The van der Waals surface area contributed by atoms with Crippen LogP contribution in [-0.2, 0) is 0 Å². The fourth-order valence-electron chi connectivity index (χ4n) is 3.39. The zero-order valence-corrected chi connectivity index (χ0v) is 16.0. The molecule has 0 saturated carbocycles. The summed E-state index contributed by atoms with van der Waals surface area (Å²) in [6.45, 7) is 0. The highest BCUT2D eigenvalue weighted by Gasteiger charge is 2.36. The SMILES string of the molecule is O=C(Nc1cccc(N2C(=O)c3ccccc3C2=O)c1)c1ccc(-n2cnnn2)cc1. The number of anilines is 2. The normalized spacial score (nSPS) is 12.7. The van der Waals surface area contributed by atoms with Gasteiger partial charge in [0.2, 0.25) is 0 Å². The first-order chi connectivity index (χ1) is 15.1. The molecule has 0 bridgehead atoms. The molecule has 0 fully saturated rings. The van der Waals surface area contributed by atoms with Crippen LogP contribution < -0.4 is 10.2 Å². The highest BCUT2D eigenvalue weighted by molar-refractivity contribution is 6.34. The lowest BCUT2D eigenvalue weighted by atomic mass is 10.1. The maximum atomic E-state index is 12.7. The molecule has 0 aliphatic carbocycles. The van der Waals surface area contributed by atoms with Crippen molar-refractivity contribution >= 4 is 29.1 Å². The molecule has 1 N–H and O–H groups in total. The van der Waals surface area contributed by atoms with E-state index in [1.807, 2.05) is 0 Å². The summed E-state index contributed by atoms with van der Waals surface area (Å²) in [5, 5.41) is 13.7. The Morgan fingerprint density at radius 3 is 2.16 bits per heavy atom. The minimum atomic E-state index is -0.387.